The third kappa shape index (κ3) is 3.63. The van der Waals surface area contributed by atoms with Gasteiger partial charge in [-0.15, -0.1) is 0 Å². The van der Waals surface area contributed by atoms with E-state index in [0.717, 1.165) is 0 Å². The zero-order valence-corrected chi connectivity index (χ0v) is 11.1. The molecule has 1 rings (SSSR count). The predicted octanol–water partition coefficient (Wildman–Crippen LogP) is 1.24. The maximum Gasteiger partial charge on any atom is 0.257 e. The van der Waals surface area contributed by atoms with Gasteiger partial charge in [0, 0.05) is 19.7 Å². The molecule has 0 saturated carbocycles. The first-order chi connectivity index (χ1) is 8.24. The van der Waals surface area contributed by atoms with Crippen LogP contribution in [0.4, 0.5) is 0 Å². The van der Waals surface area contributed by atoms with Gasteiger partial charge in [-0.3, -0.25) is 4.79 Å². The molecule has 100 valence electrons. The van der Waals surface area contributed by atoms with E-state index in [0.29, 0.717) is 5.75 Å². The Morgan fingerprint density at radius 1 is 1.44 bits per heavy atom. The Kier molecular flexibility index (Phi) is 4.19. The van der Waals surface area contributed by atoms with Gasteiger partial charge in [-0.05, 0) is 26.0 Å². The summed E-state index contributed by atoms with van der Waals surface area (Å²) in [6.07, 6.45) is 0. The molecule has 0 aliphatic heterocycles. The smallest absolute Gasteiger partial charge is 0.257 e. The van der Waals surface area contributed by atoms with Crippen molar-refractivity contribution in [3.8, 4) is 11.5 Å². The number of ether oxygens (including phenoxy) is 1. The SMILES string of the molecule is COc1ccc(C(=O)N(C)CC(C)(C)O)c(O)c1. The normalized spacial score (nSPS) is 11.2. The lowest BCUT2D eigenvalue weighted by molar-refractivity contribution is 0.0366. The minimum Gasteiger partial charge on any atom is -0.507 e. The quantitative estimate of drug-likeness (QED) is 0.847. The maximum absolute atomic E-state index is 12.1. The Bertz CT molecular complexity index is 437. The van der Waals surface area contributed by atoms with Crippen LogP contribution in [-0.4, -0.2) is 47.3 Å². The second kappa shape index (κ2) is 5.27. The van der Waals surface area contributed by atoms with Gasteiger partial charge in [0.05, 0.1) is 18.3 Å². The van der Waals surface area contributed by atoms with Crippen molar-refractivity contribution in [2.45, 2.75) is 19.4 Å². The topological polar surface area (TPSA) is 70.0 Å². The Balaban J connectivity index is 2.90. The Morgan fingerprint density at radius 3 is 2.50 bits per heavy atom. The van der Waals surface area contributed by atoms with E-state index in [2.05, 4.69) is 0 Å². The molecule has 0 aromatic heterocycles. The van der Waals surface area contributed by atoms with Gasteiger partial charge in [0.15, 0.2) is 0 Å². The number of nitrogens with zero attached hydrogens (tertiary/aromatic N) is 1. The molecule has 1 aromatic carbocycles. The number of aromatic hydroxyl groups is 1. The van der Waals surface area contributed by atoms with Crippen LogP contribution in [0.25, 0.3) is 0 Å². The van der Waals surface area contributed by atoms with Crippen molar-refractivity contribution >= 4 is 5.91 Å². The van der Waals surface area contributed by atoms with E-state index in [1.807, 2.05) is 0 Å². The zero-order valence-electron chi connectivity index (χ0n) is 11.1. The number of phenols is 1. The second-order valence-electron chi connectivity index (χ2n) is 4.86. The van der Waals surface area contributed by atoms with Crippen LogP contribution in [0.15, 0.2) is 18.2 Å². The lowest BCUT2D eigenvalue weighted by Crippen LogP contribution is -2.39. The average Bonchev–Trinajstić information content (AvgIpc) is 2.25. The van der Waals surface area contributed by atoms with Gasteiger partial charge in [0.2, 0.25) is 0 Å². The van der Waals surface area contributed by atoms with Crippen molar-refractivity contribution in [3.63, 3.8) is 0 Å². The average molecular weight is 253 g/mol. The molecule has 1 amide bonds. The first-order valence-corrected chi connectivity index (χ1v) is 5.59. The molecular formula is C13H19NO4. The number of carbonyl (C=O) groups is 1. The van der Waals surface area contributed by atoms with Crippen LogP contribution in [0.1, 0.15) is 24.2 Å². The first-order valence-electron chi connectivity index (χ1n) is 5.59. The van der Waals surface area contributed by atoms with Crippen molar-refractivity contribution in [2.75, 3.05) is 20.7 Å². The molecule has 0 radical (unpaired) electrons. The number of methoxy groups -OCH3 is 1. The number of carbonyl (C=O) groups excluding carboxylic acids is 1. The highest BCUT2D eigenvalue weighted by Crippen LogP contribution is 2.24. The van der Waals surface area contributed by atoms with Gasteiger partial charge < -0.3 is 19.8 Å². The molecule has 0 atom stereocenters. The third-order valence-electron chi connectivity index (χ3n) is 2.41. The van der Waals surface area contributed by atoms with Crippen molar-refractivity contribution < 1.29 is 19.7 Å². The minimum atomic E-state index is -0.980. The molecule has 0 aliphatic rings. The molecule has 18 heavy (non-hydrogen) atoms. The van der Waals surface area contributed by atoms with E-state index in [1.54, 1.807) is 27.0 Å². The van der Waals surface area contributed by atoms with Crippen LogP contribution in [0.3, 0.4) is 0 Å². The Morgan fingerprint density at radius 2 is 2.06 bits per heavy atom. The van der Waals surface area contributed by atoms with Crippen LogP contribution < -0.4 is 4.74 Å². The van der Waals surface area contributed by atoms with Crippen molar-refractivity contribution in [1.29, 1.82) is 0 Å². The summed E-state index contributed by atoms with van der Waals surface area (Å²) in [5, 5.41) is 19.4. The largest absolute Gasteiger partial charge is 0.507 e. The molecule has 5 nitrogen and oxygen atoms in total. The first kappa shape index (κ1) is 14.3. The number of hydrogen-bond donors (Lipinski definition) is 2. The summed E-state index contributed by atoms with van der Waals surface area (Å²) in [6.45, 7) is 3.41. The number of benzene rings is 1. The lowest BCUT2D eigenvalue weighted by atomic mass is 10.1. The molecule has 1 aromatic rings. The summed E-state index contributed by atoms with van der Waals surface area (Å²) < 4.78 is 4.95. The fourth-order valence-electron chi connectivity index (χ4n) is 1.68. The van der Waals surface area contributed by atoms with Crippen molar-refractivity contribution in [2.24, 2.45) is 0 Å². The molecule has 5 heteroatoms. The van der Waals surface area contributed by atoms with E-state index < -0.39 is 5.60 Å². The van der Waals surface area contributed by atoms with Crippen LogP contribution in [0.5, 0.6) is 11.5 Å². The molecule has 0 aliphatic carbocycles. The fraction of sp³-hybridized carbons (Fsp3) is 0.462. The van der Waals surface area contributed by atoms with Gasteiger partial charge in [-0.25, -0.2) is 0 Å². The fourth-order valence-corrected chi connectivity index (χ4v) is 1.68. The van der Waals surface area contributed by atoms with E-state index in [-0.39, 0.29) is 23.8 Å². The highest BCUT2D eigenvalue weighted by atomic mass is 16.5. The van der Waals surface area contributed by atoms with E-state index >= 15 is 0 Å². The molecule has 0 fully saturated rings. The number of likely N-dealkylation sites (N-methyl/N-ethyl adjacent to an activating group) is 1. The highest BCUT2D eigenvalue weighted by Gasteiger charge is 2.22. The van der Waals surface area contributed by atoms with Crippen LogP contribution in [0.2, 0.25) is 0 Å². The number of rotatable bonds is 4. The minimum absolute atomic E-state index is 0.137. The molecular weight excluding hydrogens is 234 g/mol. The summed E-state index contributed by atoms with van der Waals surface area (Å²) in [6, 6.07) is 4.48. The predicted molar refractivity (Wildman–Crippen MR) is 67.9 cm³/mol. The second-order valence-corrected chi connectivity index (χ2v) is 4.86. The van der Waals surface area contributed by atoms with E-state index in [1.165, 1.54) is 24.1 Å². The van der Waals surface area contributed by atoms with Gasteiger partial charge in [0.1, 0.15) is 11.5 Å². The van der Waals surface area contributed by atoms with Gasteiger partial charge in [-0.2, -0.15) is 0 Å². The molecule has 0 spiro atoms. The van der Waals surface area contributed by atoms with E-state index in [4.69, 9.17) is 4.74 Å². The third-order valence-corrected chi connectivity index (χ3v) is 2.41. The molecule has 0 heterocycles. The highest BCUT2D eigenvalue weighted by molar-refractivity contribution is 5.96. The van der Waals surface area contributed by atoms with Gasteiger partial charge in [-0.1, -0.05) is 0 Å². The summed E-state index contributed by atoms with van der Waals surface area (Å²) in [7, 11) is 3.06. The maximum atomic E-state index is 12.1. The molecule has 2 N–H and O–H groups in total. The number of hydrogen-bond acceptors (Lipinski definition) is 4. The van der Waals surface area contributed by atoms with Crippen molar-refractivity contribution in [1.82, 2.24) is 4.90 Å². The summed E-state index contributed by atoms with van der Waals surface area (Å²) in [4.78, 5) is 13.4. The Labute approximate surface area is 107 Å². The number of aliphatic hydroxyl groups is 1. The van der Waals surface area contributed by atoms with Crippen LogP contribution in [0, 0.1) is 0 Å². The van der Waals surface area contributed by atoms with Crippen molar-refractivity contribution in [3.05, 3.63) is 23.8 Å². The summed E-state index contributed by atoms with van der Waals surface area (Å²) in [5.41, 5.74) is -0.797. The Hall–Kier alpha value is -1.75. The van der Waals surface area contributed by atoms with Gasteiger partial charge in [0.25, 0.3) is 5.91 Å². The van der Waals surface area contributed by atoms with E-state index in [9.17, 15) is 15.0 Å². The summed E-state index contributed by atoms with van der Waals surface area (Å²) >= 11 is 0. The molecule has 0 bridgehead atoms. The molecule has 0 saturated heterocycles. The lowest BCUT2D eigenvalue weighted by Gasteiger charge is -2.25. The van der Waals surface area contributed by atoms with Crippen LogP contribution in [-0.2, 0) is 0 Å². The summed E-state index contributed by atoms with van der Waals surface area (Å²) in [5.74, 6) is -0.00610. The van der Waals surface area contributed by atoms with Crippen LogP contribution >= 0.6 is 0 Å². The van der Waals surface area contributed by atoms with Gasteiger partial charge >= 0.3 is 0 Å². The zero-order chi connectivity index (χ0) is 13.9. The molecule has 0 unspecified atom stereocenters. The standard InChI is InChI=1S/C13H19NO4/c1-13(2,17)8-14(3)12(16)10-6-5-9(18-4)7-11(10)15/h5-7,15,17H,8H2,1-4H3. The number of amides is 1. The monoisotopic (exact) mass is 253 g/mol. The number of phenolic OH excluding ortho intramolecular Hbond substituents is 1.